The van der Waals surface area contributed by atoms with Gasteiger partial charge in [-0.15, -0.1) is 10.2 Å². The molecule has 1 aliphatic heterocycles. The van der Waals surface area contributed by atoms with Gasteiger partial charge in [0.2, 0.25) is 5.91 Å². The largest absolute Gasteiger partial charge is 0.354 e. The van der Waals surface area contributed by atoms with Crippen molar-refractivity contribution in [1.82, 2.24) is 20.5 Å². The molecule has 0 aromatic carbocycles. The Morgan fingerprint density at radius 1 is 1.21 bits per heavy atom. The zero-order valence-corrected chi connectivity index (χ0v) is 14.1. The molecule has 24 heavy (non-hydrogen) atoms. The molecule has 6 heteroatoms. The number of rotatable bonds is 4. The quantitative estimate of drug-likeness (QED) is 0.934. The van der Waals surface area contributed by atoms with Crippen molar-refractivity contribution in [3.63, 3.8) is 0 Å². The average molecular weight is 325 g/mol. The summed E-state index contributed by atoms with van der Waals surface area (Å²) >= 11 is 0. The van der Waals surface area contributed by atoms with Gasteiger partial charge in [0.05, 0.1) is 11.6 Å². The van der Waals surface area contributed by atoms with Crippen molar-refractivity contribution in [2.75, 3.05) is 18.0 Å². The molecule has 0 spiro atoms. The number of carbonyl (C=O) groups is 1. The van der Waals surface area contributed by atoms with E-state index in [-0.39, 0.29) is 17.9 Å². The lowest BCUT2D eigenvalue weighted by atomic mass is 9.97. The molecule has 126 valence electrons. The van der Waals surface area contributed by atoms with Gasteiger partial charge in [0.25, 0.3) is 0 Å². The first kappa shape index (κ1) is 16.4. The van der Waals surface area contributed by atoms with Crippen LogP contribution in [-0.2, 0) is 4.79 Å². The summed E-state index contributed by atoms with van der Waals surface area (Å²) in [5, 5.41) is 11.7. The van der Waals surface area contributed by atoms with E-state index < -0.39 is 0 Å². The number of amides is 1. The fourth-order valence-electron chi connectivity index (χ4n) is 2.97. The van der Waals surface area contributed by atoms with Crippen molar-refractivity contribution in [2.24, 2.45) is 5.92 Å². The Hall–Kier alpha value is -2.50. The van der Waals surface area contributed by atoms with Crippen molar-refractivity contribution in [1.29, 1.82) is 0 Å². The summed E-state index contributed by atoms with van der Waals surface area (Å²) in [6, 6.07) is 7.95. The van der Waals surface area contributed by atoms with Gasteiger partial charge < -0.3 is 10.2 Å². The third kappa shape index (κ3) is 3.88. The van der Waals surface area contributed by atoms with Crippen LogP contribution in [0.4, 0.5) is 5.82 Å². The SMILES string of the molecule is CC(C)NC(=O)C1CCCN(c2ccc(-c3ccncc3)nn2)C1. The highest BCUT2D eigenvalue weighted by atomic mass is 16.2. The van der Waals surface area contributed by atoms with Crippen LogP contribution in [0.25, 0.3) is 11.3 Å². The van der Waals surface area contributed by atoms with Crippen LogP contribution in [0, 0.1) is 5.92 Å². The summed E-state index contributed by atoms with van der Waals surface area (Å²) in [4.78, 5) is 18.4. The second-order valence-corrected chi connectivity index (χ2v) is 6.46. The van der Waals surface area contributed by atoms with Crippen LogP contribution in [0.1, 0.15) is 26.7 Å². The molecule has 0 saturated carbocycles. The van der Waals surface area contributed by atoms with E-state index in [1.165, 1.54) is 0 Å². The molecule has 6 nitrogen and oxygen atoms in total. The number of pyridine rings is 1. The maximum Gasteiger partial charge on any atom is 0.225 e. The molecule has 1 atom stereocenters. The fraction of sp³-hybridized carbons (Fsp3) is 0.444. The minimum absolute atomic E-state index is 0.0165. The number of nitrogens with zero attached hydrogens (tertiary/aromatic N) is 4. The summed E-state index contributed by atoms with van der Waals surface area (Å²) in [5.74, 6) is 0.980. The smallest absolute Gasteiger partial charge is 0.225 e. The molecular formula is C18H23N5O. The lowest BCUT2D eigenvalue weighted by Crippen LogP contribution is -2.45. The molecule has 2 aromatic rings. The maximum atomic E-state index is 12.2. The Kier molecular flexibility index (Phi) is 5.03. The molecule has 1 amide bonds. The molecular weight excluding hydrogens is 302 g/mol. The monoisotopic (exact) mass is 325 g/mol. The predicted octanol–water partition coefficient (Wildman–Crippen LogP) is 2.28. The van der Waals surface area contributed by atoms with Crippen molar-refractivity contribution in [3.05, 3.63) is 36.7 Å². The second kappa shape index (κ2) is 7.38. The van der Waals surface area contributed by atoms with E-state index in [2.05, 4.69) is 25.4 Å². The molecule has 0 aliphatic carbocycles. The second-order valence-electron chi connectivity index (χ2n) is 6.46. The van der Waals surface area contributed by atoms with Gasteiger partial charge in [-0.2, -0.15) is 0 Å². The highest BCUT2D eigenvalue weighted by Crippen LogP contribution is 2.23. The number of anilines is 1. The van der Waals surface area contributed by atoms with Crippen molar-refractivity contribution in [2.45, 2.75) is 32.7 Å². The van der Waals surface area contributed by atoms with Gasteiger partial charge in [0, 0.05) is 37.1 Å². The number of aromatic nitrogens is 3. The zero-order valence-electron chi connectivity index (χ0n) is 14.1. The predicted molar refractivity (Wildman–Crippen MR) is 93.5 cm³/mol. The standard InChI is InChI=1S/C18H23N5O/c1-13(2)20-18(24)15-4-3-11-23(12-15)17-6-5-16(21-22-17)14-7-9-19-10-8-14/h5-10,13,15H,3-4,11-12H2,1-2H3,(H,20,24). The van der Waals surface area contributed by atoms with Gasteiger partial charge in [0.15, 0.2) is 5.82 Å². The van der Waals surface area contributed by atoms with Crippen LogP contribution in [0.3, 0.4) is 0 Å². The fourth-order valence-corrected chi connectivity index (χ4v) is 2.97. The molecule has 3 rings (SSSR count). The van der Waals surface area contributed by atoms with Crippen LogP contribution in [-0.4, -0.2) is 40.2 Å². The minimum atomic E-state index is 0.0165. The third-order valence-electron chi connectivity index (χ3n) is 4.17. The van der Waals surface area contributed by atoms with Crippen molar-refractivity contribution in [3.8, 4) is 11.3 Å². The first-order chi connectivity index (χ1) is 11.6. The zero-order chi connectivity index (χ0) is 16.9. The van der Waals surface area contributed by atoms with Gasteiger partial charge in [0.1, 0.15) is 0 Å². The van der Waals surface area contributed by atoms with Crippen LogP contribution < -0.4 is 10.2 Å². The summed E-state index contributed by atoms with van der Waals surface area (Å²) in [7, 11) is 0. The van der Waals surface area contributed by atoms with Gasteiger partial charge >= 0.3 is 0 Å². The molecule has 1 aliphatic rings. The third-order valence-corrected chi connectivity index (χ3v) is 4.17. The number of hydrogen-bond donors (Lipinski definition) is 1. The molecule has 1 N–H and O–H groups in total. The van der Waals surface area contributed by atoms with Crippen LogP contribution in [0.15, 0.2) is 36.7 Å². The maximum absolute atomic E-state index is 12.2. The first-order valence-electron chi connectivity index (χ1n) is 8.43. The lowest BCUT2D eigenvalue weighted by molar-refractivity contribution is -0.125. The molecule has 3 heterocycles. The summed E-state index contributed by atoms with van der Waals surface area (Å²) in [6.07, 6.45) is 5.41. The molecule has 2 aromatic heterocycles. The highest BCUT2D eigenvalue weighted by Gasteiger charge is 2.26. The normalized spacial score (nSPS) is 17.8. The molecule has 0 bridgehead atoms. The van der Waals surface area contributed by atoms with Gasteiger partial charge in [-0.05, 0) is 51.0 Å². The summed E-state index contributed by atoms with van der Waals surface area (Å²) in [6.45, 7) is 5.58. The van der Waals surface area contributed by atoms with Crippen LogP contribution in [0.5, 0.6) is 0 Å². The molecule has 0 radical (unpaired) electrons. The van der Waals surface area contributed by atoms with Gasteiger partial charge in [-0.3, -0.25) is 9.78 Å². The van der Waals surface area contributed by atoms with E-state index in [1.54, 1.807) is 12.4 Å². The van der Waals surface area contributed by atoms with E-state index in [1.807, 2.05) is 38.1 Å². The number of nitrogens with one attached hydrogen (secondary N) is 1. The first-order valence-corrected chi connectivity index (χ1v) is 8.43. The van der Waals surface area contributed by atoms with Gasteiger partial charge in [-0.1, -0.05) is 0 Å². The Balaban J connectivity index is 1.69. The van der Waals surface area contributed by atoms with E-state index in [0.717, 1.165) is 36.5 Å². The number of piperidine rings is 1. The van der Waals surface area contributed by atoms with E-state index >= 15 is 0 Å². The van der Waals surface area contributed by atoms with Crippen molar-refractivity contribution >= 4 is 11.7 Å². The lowest BCUT2D eigenvalue weighted by Gasteiger charge is -2.32. The number of carbonyl (C=O) groups excluding carboxylic acids is 1. The Morgan fingerprint density at radius 2 is 2.00 bits per heavy atom. The van der Waals surface area contributed by atoms with E-state index in [9.17, 15) is 4.79 Å². The van der Waals surface area contributed by atoms with Crippen molar-refractivity contribution < 1.29 is 4.79 Å². The Labute approximate surface area is 142 Å². The van der Waals surface area contributed by atoms with E-state index in [4.69, 9.17) is 0 Å². The van der Waals surface area contributed by atoms with Gasteiger partial charge in [-0.25, -0.2) is 0 Å². The minimum Gasteiger partial charge on any atom is -0.354 e. The molecule has 1 saturated heterocycles. The number of hydrogen-bond acceptors (Lipinski definition) is 5. The van der Waals surface area contributed by atoms with E-state index in [0.29, 0.717) is 6.54 Å². The topological polar surface area (TPSA) is 71.0 Å². The van der Waals surface area contributed by atoms with Crippen LogP contribution >= 0.6 is 0 Å². The highest BCUT2D eigenvalue weighted by molar-refractivity contribution is 5.79. The molecule has 1 unspecified atom stereocenters. The Bertz CT molecular complexity index is 672. The average Bonchev–Trinajstić information content (AvgIpc) is 2.62. The Morgan fingerprint density at radius 3 is 2.67 bits per heavy atom. The van der Waals surface area contributed by atoms with Crippen LogP contribution in [0.2, 0.25) is 0 Å². The molecule has 1 fully saturated rings. The summed E-state index contributed by atoms with van der Waals surface area (Å²) < 4.78 is 0. The summed E-state index contributed by atoms with van der Waals surface area (Å²) in [5.41, 5.74) is 1.82.